The Hall–Kier alpha value is -3.98. The lowest BCUT2D eigenvalue weighted by Gasteiger charge is -2.44. The van der Waals surface area contributed by atoms with E-state index in [4.69, 9.17) is 9.15 Å². The maximum atomic E-state index is 13.8. The Labute approximate surface area is 214 Å². The van der Waals surface area contributed by atoms with Gasteiger partial charge in [-0.15, -0.1) is 0 Å². The van der Waals surface area contributed by atoms with Crippen LogP contribution >= 0.6 is 0 Å². The maximum Gasteiger partial charge on any atom is 0.256 e. The average Bonchev–Trinajstić information content (AvgIpc) is 3.56. The van der Waals surface area contributed by atoms with Crippen molar-refractivity contribution in [2.75, 3.05) is 19.7 Å². The summed E-state index contributed by atoms with van der Waals surface area (Å²) in [7, 11) is 0. The van der Waals surface area contributed by atoms with Crippen LogP contribution in [0.5, 0.6) is 0 Å². The molecule has 3 aromatic rings. The Kier molecular flexibility index (Phi) is 6.80. The van der Waals surface area contributed by atoms with Crippen molar-refractivity contribution in [2.24, 2.45) is 0 Å². The van der Waals surface area contributed by atoms with E-state index in [9.17, 15) is 18.8 Å². The SMILES string of the molecule is Cc1ccc(C(=O)N2C(C(=O)NCc3ccco3)COC23CCN(C(=O)c2ccc(F)cc2)CC3)cc1. The van der Waals surface area contributed by atoms with Crippen LogP contribution < -0.4 is 5.32 Å². The van der Waals surface area contributed by atoms with Crippen LogP contribution in [0.3, 0.4) is 0 Å². The minimum Gasteiger partial charge on any atom is -0.467 e. The molecule has 0 saturated carbocycles. The van der Waals surface area contributed by atoms with Crippen LogP contribution in [0.25, 0.3) is 0 Å². The molecule has 1 N–H and O–H groups in total. The molecule has 2 aliphatic rings. The van der Waals surface area contributed by atoms with Gasteiger partial charge in [-0.05, 0) is 55.5 Å². The van der Waals surface area contributed by atoms with Crippen LogP contribution in [0.2, 0.25) is 0 Å². The van der Waals surface area contributed by atoms with E-state index in [1.807, 2.05) is 19.1 Å². The largest absolute Gasteiger partial charge is 0.467 e. The van der Waals surface area contributed by atoms with Gasteiger partial charge in [0.25, 0.3) is 11.8 Å². The molecule has 5 rings (SSSR count). The Morgan fingerprint density at radius 3 is 2.27 bits per heavy atom. The lowest BCUT2D eigenvalue weighted by Crippen LogP contribution is -2.59. The zero-order valence-electron chi connectivity index (χ0n) is 20.5. The normalized spacial score (nSPS) is 18.7. The van der Waals surface area contributed by atoms with E-state index in [2.05, 4.69) is 5.32 Å². The van der Waals surface area contributed by atoms with Crippen molar-refractivity contribution in [1.29, 1.82) is 0 Å². The first kappa shape index (κ1) is 24.7. The Morgan fingerprint density at radius 1 is 0.973 bits per heavy atom. The smallest absolute Gasteiger partial charge is 0.256 e. The molecule has 1 aromatic heterocycles. The summed E-state index contributed by atoms with van der Waals surface area (Å²) in [6.45, 7) is 2.84. The molecule has 2 saturated heterocycles. The summed E-state index contributed by atoms with van der Waals surface area (Å²) in [5.41, 5.74) is 0.856. The first-order valence-electron chi connectivity index (χ1n) is 12.3. The van der Waals surface area contributed by atoms with Crippen molar-refractivity contribution in [2.45, 2.75) is 38.1 Å². The second-order valence-electron chi connectivity index (χ2n) is 9.41. The highest BCUT2D eigenvalue weighted by atomic mass is 19.1. The van der Waals surface area contributed by atoms with E-state index < -0.39 is 17.6 Å². The molecule has 37 heavy (non-hydrogen) atoms. The van der Waals surface area contributed by atoms with Gasteiger partial charge in [0.2, 0.25) is 5.91 Å². The Bertz CT molecular complexity index is 1270. The summed E-state index contributed by atoms with van der Waals surface area (Å²) in [6.07, 6.45) is 2.22. The predicted molar refractivity (Wildman–Crippen MR) is 132 cm³/mol. The van der Waals surface area contributed by atoms with Gasteiger partial charge in [0.1, 0.15) is 23.3 Å². The first-order valence-corrected chi connectivity index (χ1v) is 12.3. The summed E-state index contributed by atoms with van der Waals surface area (Å²) in [6, 6.07) is 15.3. The quantitative estimate of drug-likeness (QED) is 0.573. The standard InChI is InChI=1S/C28H28FN3O5/c1-19-4-6-21(7-5-19)27(35)32-24(25(33)30-17-23-3-2-16-36-23)18-37-28(32)12-14-31(15-13-28)26(34)20-8-10-22(29)11-9-20/h2-11,16,24H,12-15,17-18H2,1H3,(H,30,33). The number of carbonyl (C=O) groups is 3. The van der Waals surface area contributed by atoms with Gasteiger partial charge in [-0.25, -0.2) is 4.39 Å². The first-order chi connectivity index (χ1) is 17.9. The molecular weight excluding hydrogens is 477 g/mol. The number of rotatable bonds is 5. The van der Waals surface area contributed by atoms with Crippen LogP contribution in [0.1, 0.15) is 44.9 Å². The molecule has 3 amide bonds. The predicted octanol–water partition coefficient (Wildman–Crippen LogP) is 3.52. The number of ether oxygens (including phenoxy) is 1. The monoisotopic (exact) mass is 505 g/mol. The number of likely N-dealkylation sites (tertiary alicyclic amines) is 1. The summed E-state index contributed by atoms with van der Waals surface area (Å²) in [4.78, 5) is 43.2. The third-order valence-corrected chi connectivity index (χ3v) is 7.02. The van der Waals surface area contributed by atoms with Crippen LogP contribution in [-0.2, 0) is 16.1 Å². The van der Waals surface area contributed by atoms with Crippen molar-refractivity contribution in [1.82, 2.24) is 15.1 Å². The fourth-order valence-electron chi connectivity index (χ4n) is 4.94. The van der Waals surface area contributed by atoms with E-state index in [-0.39, 0.29) is 30.9 Å². The molecule has 1 atom stereocenters. The molecule has 9 heteroatoms. The van der Waals surface area contributed by atoms with E-state index in [1.165, 1.54) is 30.5 Å². The number of hydrogen-bond donors (Lipinski definition) is 1. The highest BCUT2D eigenvalue weighted by molar-refractivity contribution is 5.98. The fraction of sp³-hybridized carbons (Fsp3) is 0.321. The van der Waals surface area contributed by atoms with Crippen LogP contribution in [-0.4, -0.2) is 59.0 Å². The number of amides is 3. The molecular formula is C28H28FN3O5. The molecule has 8 nitrogen and oxygen atoms in total. The minimum absolute atomic E-state index is 0.0491. The van der Waals surface area contributed by atoms with E-state index >= 15 is 0 Å². The zero-order valence-corrected chi connectivity index (χ0v) is 20.5. The molecule has 2 aliphatic heterocycles. The number of carbonyl (C=O) groups excluding carboxylic acids is 3. The number of hydrogen-bond acceptors (Lipinski definition) is 5. The lowest BCUT2D eigenvalue weighted by atomic mass is 9.96. The van der Waals surface area contributed by atoms with Crippen LogP contribution in [0, 0.1) is 12.7 Å². The van der Waals surface area contributed by atoms with Crippen molar-refractivity contribution >= 4 is 17.7 Å². The van der Waals surface area contributed by atoms with Crippen molar-refractivity contribution in [3.05, 3.63) is 95.2 Å². The number of piperidine rings is 1. The molecule has 0 bridgehead atoms. The number of aryl methyl sites for hydroxylation is 1. The molecule has 3 heterocycles. The van der Waals surface area contributed by atoms with Gasteiger partial charge in [0.15, 0.2) is 0 Å². The molecule has 2 aromatic carbocycles. The summed E-state index contributed by atoms with van der Waals surface area (Å²) in [5, 5.41) is 2.85. The van der Waals surface area contributed by atoms with Crippen LogP contribution in [0.15, 0.2) is 71.3 Å². The topological polar surface area (TPSA) is 92.1 Å². The third-order valence-electron chi connectivity index (χ3n) is 7.02. The summed E-state index contributed by atoms with van der Waals surface area (Å²) >= 11 is 0. The highest BCUT2D eigenvalue weighted by Crippen LogP contribution is 2.39. The number of nitrogens with one attached hydrogen (secondary N) is 1. The Balaban J connectivity index is 1.36. The molecule has 1 spiro atoms. The van der Waals surface area contributed by atoms with Gasteiger partial charge < -0.3 is 19.4 Å². The van der Waals surface area contributed by atoms with Gasteiger partial charge >= 0.3 is 0 Å². The number of halogens is 1. The number of benzene rings is 2. The average molecular weight is 506 g/mol. The van der Waals surface area contributed by atoms with Crippen LogP contribution in [0.4, 0.5) is 4.39 Å². The summed E-state index contributed by atoms with van der Waals surface area (Å²) in [5.74, 6) is -0.648. The second kappa shape index (κ2) is 10.2. The zero-order chi connectivity index (χ0) is 26.0. The molecule has 0 radical (unpaired) electrons. The maximum absolute atomic E-state index is 13.8. The molecule has 0 aliphatic carbocycles. The summed E-state index contributed by atoms with van der Waals surface area (Å²) < 4.78 is 24.8. The van der Waals surface area contributed by atoms with Crippen molar-refractivity contribution < 1.29 is 27.9 Å². The molecule has 192 valence electrons. The van der Waals surface area contributed by atoms with Gasteiger partial charge in [0.05, 0.1) is 19.4 Å². The van der Waals surface area contributed by atoms with Gasteiger partial charge in [0, 0.05) is 37.1 Å². The van der Waals surface area contributed by atoms with Crippen molar-refractivity contribution in [3.63, 3.8) is 0 Å². The number of furan rings is 1. The third kappa shape index (κ3) is 4.99. The lowest BCUT2D eigenvalue weighted by molar-refractivity contribution is -0.128. The van der Waals surface area contributed by atoms with Gasteiger partial charge in [-0.2, -0.15) is 0 Å². The molecule has 1 unspecified atom stereocenters. The van der Waals surface area contributed by atoms with Gasteiger partial charge in [-0.1, -0.05) is 17.7 Å². The fourth-order valence-corrected chi connectivity index (χ4v) is 4.94. The van der Waals surface area contributed by atoms with E-state index in [1.54, 1.807) is 34.1 Å². The molecule has 2 fully saturated rings. The van der Waals surface area contributed by atoms with Gasteiger partial charge in [-0.3, -0.25) is 19.3 Å². The highest BCUT2D eigenvalue weighted by Gasteiger charge is 2.54. The van der Waals surface area contributed by atoms with Crippen molar-refractivity contribution in [3.8, 4) is 0 Å². The van der Waals surface area contributed by atoms with E-state index in [0.717, 1.165) is 5.56 Å². The minimum atomic E-state index is -1.02. The number of nitrogens with zero attached hydrogens (tertiary/aromatic N) is 2. The second-order valence-corrected chi connectivity index (χ2v) is 9.41. The van der Waals surface area contributed by atoms with E-state index in [0.29, 0.717) is 42.8 Å². The Morgan fingerprint density at radius 2 is 1.62 bits per heavy atom.